The van der Waals surface area contributed by atoms with Crippen LogP contribution >= 0.6 is 11.6 Å². The second kappa shape index (κ2) is 4.22. The molecule has 0 aliphatic carbocycles. The smallest absolute Gasteiger partial charge is 0.0755 e. The molecule has 16 heavy (non-hydrogen) atoms. The summed E-state index contributed by atoms with van der Waals surface area (Å²) in [5.74, 6) is 0.477. The second-order valence-electron chi connectivity index (χ2n) is 4.50. The number of hydrogen-bond acceptors (Lipinski definition) is 3. The van der Waals surface area contributed by atoms with Crippen LogP contribution in [0.5, 0.6) is 0 Å². The first-order valence-corrected chi connectivity index (χ1v) is 6.30. The van der Waals surface area contributed by atoms with Gasteiger partial charge in [0.05, 0.1) is 23.8 Å². The zero-order chi connectivity index (χ0) is 11.0. The van der Waals surface area contributed by atoms with Crippen molar-refractivity contribution in [1.29, 1.82) is 0 Å². The fourth-order valence-electron chi connectivity index (χ4n) is 2.56. The van der Waals surface area contributed by atoms with Gasteiger partial charge in [-0.2, -0.15) is 0 Å². The summed E-state index contributed by atoms with van der Waals surface area (Å²) < 4.78 is 5.82. The largest absolute Gasteiger partial charge is 0.371 e. The van der Waals surface area contributed by atoms with Gasteiger partial charge in [0.2, 0.25) is 0 Å². The van der Waals surface area contributed by atoms with Gasteiger partial charge in [-0.25, -0.2) is 0 Å². The molecule has 0 saturated carbocycles. The van der Waals surface area contributed by atoms with Crippen LogP contribution in [0.15, 0.2) is 18.3 Å². The highest BCUT2D eigenvalue weighted by Gasteiger charge is 2.33. The van der Waals surface area contributed by atoms with Crippen LogP contribution in [0, 0.1) is 0 Å². The molecule has 2 bridgehead atoms. The molecule has 0 aromatic carbocycles. The molecule has 3 heterocycles. The summed E-state index contributed by atoms with van der Waals surface area (Å²) in [6.07, 6.45) is 5.09. The van der Waals surface area contributed by atoms with Crippen molar-refractivity contribution in [3.05, 3.63) is 24.0 Å². The van der Waals surface area contributed by atoms with Gasteiger partial charge in [-0.1, -0.05) is 0 Å². The Morgan fingerprint density at radius 3 is 2.81 bits per heavy atom. The number of fused-ring (bicyclic) bond motifs is 2. The van der Waals surface area contributed by atoms with Gasteiger partial charge in [0, 0.05) is 25.0 Å². The van der Waals surface area contributed by atoms with Gasteiger partial charge in [0.25, 0.3) is 0 Å². The average Bonchev–Trinajstić information content (AvgIpc) is 2.68. The van der Waals surface area contributed by atoms with Gasteiger partial charge in [0.1, 0.15) is 0 Å². The van der Waals surface area contributed by atoms with Crippen molar-refractivity contribution < 1.29 is 4.74 Å². The van der Waals surface area contributed by atoms with Crippen LogP contribution < -0.4 is 4.90 Å². The number of aromatic nitrogens is 1. The van der Waals surface area contributed by atoms with Crippen LogP contribution in [0.25, 0.3) is 0 Å². The molecule has 86 valence electrons. The van der Waals surface area contributed by atoms with Crippen LogP contribution in [0.4, 0.5) is 5.69 Å². The SMILES string of the molecule is ClCc1cc(N2CC3CCC(C2)O3)ccn1. The van der Waals surface area contributed by atoms with E-state index in [9.17, 15) is 0 Å². The van der Waals surface area contributed by atoms with Crippen LogP contribution in [0.1, 0.15) is 18.5 Å². The van der Waals surface area contributed by atoms with Gasteiger partial charge in [0.15, 0.2) is 0 Å². The Balaban J connectivity index is 1.81. The second-order valence-corrected chi connectivity index (χ2v) is 4.77. The molecule has 2 atom stereocenters. The van der Waals surface area contributed by atoms with E-state index in [1.54, 1.807) is 0 Å². The Bertz CT molecular complexity index is 373. The zero-order valence-corrected chi connectivity index (χ0v) is 9.86. The molecule has 0 amide bonds. The fourth-order valence-corrected chi connectivity index (χ4v) is 2.71. The lowest BCUT2D eigenvalue weighted by atomic mass is 10.2. The molecule has 0 spiro atoms. The lowest BCUT2D eigenvalue weighted by Gasteiger charge is -2.33. The molecule has 1 aromatic rings. The van der Waals surface area contributed by atoms with Crippen LogP contribution in [0.2, 0.25) is 0 Å². The molecular formula is C12H15ClN2O. The number of alkyl halides is 1. The predicted molar refractivity (Wildman–Crippen MR) is 63.9 cm³/mol. The first-order valence-electron chi connectivity index (χ1n) is 5.76. The number of anilines is 1. The van der Waals surface area contributed by atoms with Crippen molar-refractivity contribution in [2.24, 2.45) is 0 Å². The van der Waals surface area contributed by atoms with Gasteiger partial charge < -0.3 is 9.64 Å². The maximum Gasteiger partial charge on any atom is 0.0755 e. The first-order chi connectivity index (χ1) is 7.85. The fraction of sp³-hybridized carbons (Fsp3) is 0.583. The third-order valence-corrected chi connectivity index (χ3v) is 3.62. The van der Waals surface area contributed by atoms with Crippen LogP contribution in [-0.4, -0.2) is 30.3 Å². The predicted octanol–water partition coefficient (Wildman–Crippen LogP) is 2.19. The highest BCUT2D eigenvalue weighted by molar-refractivity contribution is 6.16. The topological polar surface area (TPSA) is 25.4 Å². The Morgan fingerprint density at radius 1 is 1.38 bits per heavy atom. The van der Waals surface area contributed by atoms with Gasteiger partial charge >= 0.3 is 0 Å². The summed E-state index contributed by atoms with van der Waals surface area (Å²) >= 11 is 5.80. The number of hydrogen-bond donors (Lipinski definition) is 0. The number of ether oxygens (including phenoxy) is 1. The van der Waals surface area contributed by atoms with E-state index in [0.29, 0.717) is 18.1 Å². The van der Waals surface area contributed by atoms with Crippen LogP contribution in [0.3, 0.4) is 0 Å². The standard InChI is InChI=1S/C12H15ClN2O/c13-6-9-5-10(3-4-14-9)15-7-11-1-2-12(8-15)16-11/h3-5,11-12H,1-2,6-8H2. The molecule has 2 saturated heterocycles. The zero-order valence-electron chi connectivity index (χ0n) is 9.10. The van der Waals surface area contributed by atoms with Crippen molar-refractivity contribution in [3.8, 4) is 0 Å². The summed E-state index contributed by atoms with van der Waals surface area (Å²) in [6.45, 7) is 2.00. The van der Waals surface area contributed by atoms with E-state index >= 15 is 0 Å². The normalized spacial score (nSPS) is 28.4. The van der Waals surface area contributed by atoms with Crippen LogP contribution in [-0.2, 0) is 10.6 Å². The molecule has 4 heteroatoms. The maximum atomic E-state index is 5.82. The van der Waals surface area contributed by atoms with Gasteiger partial charge in [-0.3, -0.25) is 4.98 Å². The quantitative estimate of drug-likeness (QED) is 0.739. The van der Waals surface area contributed by atoms with E-state index < -0.39 is 0 Å². The van der Waals surface area contributed by atoms with E-state index in [-0.39, 0.29) is 0 Å². The Kier molecular flexibility index (Phi) is 2.74. The van der Waals surface area contributed by atoms with E-state index in [2.05, 4.69) is 22.0 Å². The van der Waals surface area contributed by atoms with E-state index in [1.165, 1.54) is 18.5 Å². The summed E-state index contributed by atoms with van der Waals surface area (Å²) in [5, 5.41) is 0. The summed E-state index contributed by atoms with van der Waals surface area (Å²) in [4.78, 5) is 6.61. The van der Waals surface area contributed by atoms with Gasteiger partial charge in [-0.15, -0.1) is 11.6 Å². The Labute approximate surface area is 100 Å². The molecule has 0 N–H and O–H groups in total. The summed E-state index contributed by atoms with van der Waals surface area (Å²) in [7, 11) is 0. The number of morpholine rings is 1. The van der Waals surface area contributed by atoms with E-state index in [0.717, 1.165) is 18.8 Å². The molecule has 1 aromatic heterocycles. The Hall–Kier alpha value is -0.800. The third-order valence-electron chi connectivity index (χ3n) is 3.35. The minimum Gasteiger partial charge on any atom is -0.371 e. The summed E-state index contributed by atoms with van der Waals surface area (Å²) in [5.41, 5.74) is 2.17. The molecule has 3 nitrogen and oxygen atoms in total. The average molecular weight is 239 g/mol. The highest BCUT2D eigenvalue weighted by atomic mass is 35.5. The van der Waals surface area contributed by atoms with E-state index in [4.69, 9.17) is 16.3 Å². The minimum absolute atomic E-state index is 0.423. The molecule has 3 rings (SSSR count). The molecule has 2 aliphatic heterocycles. The monoisotopic (exact) mass is 238 g/mol. The summed E-state index contributed by atoms with van der Waals surface area (Å²) in [6, 6.07) is 4.14. The van der Waals surface area contributed by atoms with Gasteiger partial charge in [-0.05, 0) is 25.0 Å². The number of rotatable bonds is 2. The van der Waals surface area contributed by atoms with Crippen molar-refractivity contribution >= 4 is 17.3 Å². The lowest BCUT2D eigenvalue weighted by Crippen LogP contribution is -2.42. The molecule has 2 fully saturated rings. The molecular weight excluding hydrogens is 224 g/mol. The molecule has 2 unspecified atom stereocenters. The first kappa shape index (κ1) is 10.4. The van der Waals surface area contributed by atoms with Crippen molar-refractivity contribution in [3.63, 3.8) is 0 Å². The molecule has 0 radical (unpaired) electrons. The number of pyridine rings is 1. The van der Waals surface area contributed by atoms with Crippen molar-refractivity contribution in [1.82, 2.24) is 4.98 Å². The highest BCUT2D eigenvalue weighted by Crippen LogP contribution is 2.29. The Morgan fingerprint density at radius 2 is 2.12 bits per heavy atom. The number of halogens is 1. The lowest BCUT2D eigenvalue weighted by molar-refractivity contribution is 0.0305. The van der Waals surface area contributed by atoms with E-state index in [1.807, 2.05) is 6.20 Å². The number of nitrogens with zero attached hydrogens (tertiary/aromatic N) is 2. The molecule has 2 aliphatic rings. The van der Waals surface area contributed by atoms with Crippen molar-refractivity contribution in [2.45, 2.75) is 30.9 Å². The minimum atomic E-state index is 0.423. The maximum absolute atomic E-state index is 5.82. The van der Waals surface area contributed by atoms with Crippen molar-refractivity contribution in [2.75, 3.05) is 18.0 Å². The third kappa shape index (κ3) is 1.89.